The summed E-state index contributed by atoms with van der Waals surface area (Å²) < 4.78 is 5.68. The zero-order valence-corrected chi connectivity index (χ0v) is 10.6. The Morgan fingerprint density at radius 2 is 2.00 bits per heavy atom. The maximum absolute atomic E-state index is 5.68. The molecule has 0 saturated heterocycles. The molecule has 0 amide bonds. The van der Waals surface area contributed by atoms with E-state index in [1.54, 1.807) is 0 Å². The summed E-state index contributed by atoms with van der Waals surface area (Å²) >= 11 is 0. The Hall–Kier alpha value is -0.760. The van der Waals surface area contributed by atoms with Crippen LogP contribution in [0, 0.1) is 12.3 Å². The van der Waals surface area contributed by atoms with E-state index in [4.69, 9.17) is 4.42 Å². The largest absolute Gasteiger partial charge is 0.465 e. The van der Waals surface area contributed by atoms with Crippen LogP contribution in [0.1, 0.15) is 51.7 Å². The molecule has 1 aromatic rings. The van der Waals surface area contributed by atoms with E-state index in [9.17, 15) is 0 Å². The van der Waals surface area contributed by atoms with Gasteiger partial charge in [0.2, 0.25) is 0 Å². The van der Waals surface area contributed by atoms with Gasteiger partial charge in [0.25, 0.3) is 0 Å². The first-order valence-corrected chi connectivity index (χ1v) is 5.72. The summed E-state index contributed by atoms with van der Waals surface area (Å²) in [4.78, 5) is 0. The van der Waals surface area contributed by atoms with Crippen LogP contribution in [0.2, 0.25) is 0 Å². The Morgan fingerprint density at radius 3 is 2.40 bits per heavy atom. The second-order valence-electron chi connectivity index (χ2n) is 5.32. The molecule has 1 rings (SSSR count). The summed E-state index contributed by atoms with van der Waals surface area (Å²) in [6.45, 7) is 11.9. The molecule has 1 aromatic heterocycles. The van der Waals surface area contributed by atoms with Crippen molar-refractivity contribution in [3.05, 3.63) is 23.7 Å². The minimum absolute atomic E-state index is 0.313. The van der Waals surface area contributed by atoms with Crippen molar-refractivity contribution in [1.82, 2.24) is 5.32 Å². The number of nitrogens with one attached hydrogen (secondary N) is 1. The van der Waals surface area contributed by atoms with Crippen LogP contribution >= 0.6 is 0 Å². The van der Waals surface area contributed by atoms with E-state index in [1.807, 2.05) is 13.0 Å². The van der Waals surface area contributed by atoms with Crippen LogP contribution in [-0.2, 0) is 0 Å². The molecule has 1 unspecified atom stereocenters. The smallest absolute Gasteiger partial charge is 0.121 e. The van der Waals surface area contributed by atoms with Gasteiger partial charge in [0.1, 0.15) is 11.5 Å². The average molecular weight is 209 g/mol. The van der Waals surface area contributed by atoms with Gasteiger partial charge in [-0.2, -0.15) is 0 Å². The molecular weight excluding hydrogens is 186 g/mol. The van der Waals surface area contributed by atoms with Gasteiger partial charge < -0.3 is 9.73 Å². The highest BCUT2D eigenvalue weighted by molar-refractivity contribution is 5.10. The summed E-state index contributed by atoms with van der Waals surface area (Å²) in [6, 6.07) is 4.44. The zero-order valence-electron chi connectivity index (χ0n) is 10.6. The summed E-state index contributed by atoms with van der Waals surface area (Å²) in [5.74, 6) is 2.05. The van der Waals surface area contributed by atoms with E-state index in [1.165, 1.54) is 0 Å². The molecule has 1 heterocycles. The molecule has 1 N–H and O–H groups in total. The van der Waals surface area contributed by atoms with E-state index >= 15 is 0 Å². The van der Waals surface area contributed by atoms with Gasteiger partial charge in [-0.1, -0.05) is 27.7 Å². The van der Waals surface area contributed by atoms with E-state index in [0.29, 0.717) is 11.5 Å². The summed E-state index contributed by atoms with van der Waals surface area (Å²) in [5, 5.41) is 3.48. The highest BCUT2D eigenvalue weighted by Gasteiger charge is 2.21. The molecular formula is C13H23NO. The van der Waals surface area contributed by atoms with Crippen LogP contribution in [0.4, 0.5) is 0 Å². The second-order valence-corrected chi connectivity index (χ2v) is 5.32. The lowest BCUT2D eigenvalue weighted by atomic mass is 9.87. The number of hydrogen-bond acceptors (Lipinski definition) is 2. The van der Waals surface area contributed by atoms with Gasteiger partial charge >= 0.3 is 0 Å². The van der Waals surface area contributed by atoms with Gasteiger partial charge in [-0.05, 0) is 37.4 Å². The maximum Gasteiger partial charge on any atom is 0.121 e. The fourth-order valence-electron chi connectivity index (χ4n) is 1.77. The molecule has 0 aromatic carbocycles. The Balaban J connectivity index is 2.74. The van der Waals surface area contributed by atoms with Crippen LogP contribution in [0.5, 0.6) is 0 Å². The van der Waals surface area contributed by atoms with Gasteiger partial charge in [-0.25, -0.2) is 0 Å². The summed E-state index contributed by atoms with van der Waals surface area (Å²) in [5.41, 5.74) is 0.313. The third-order valence-electron chi connectivity index (χ3n) is 2.37. The molecule has 0 aliphatic carbocycles. The van der Waals surface area contributed by atoms with Crippen molar-refractivity contribution in [3.63, 3.8) is 0 Å². The van der Waals surface area contributed by atoms with Crippen molar-refractivity contribution in [2.75, 3.05) is 6.54 Å². The minimum Gasteiger partial charge on any atom is -0.465 e. The first-order chi connectivity index (χ1) is 6.92. The van der Waals surface area contributed by atoms with Crippen molar-refractivity contribution in [2.45, 2.75) is 47.1 Å². The standard InChI is InChI=1S/C13H23NO/c1-6-14-11(9-13(3,4)5)12-8-7-10(2)15-12/h7-8,11,14H,6,9H2,1-5H3. The Labute approximate surface area is 93.1 Å². The fourth-order valence-corrected chi connectivity index (χ4v) is 1.77. The quantitative estimate of drug-likeness (QED) is 0.818. The topological polar surface area (TPSA) is 25.2 Å². The minimum atomic E-state index is 0.313. The van der Waals surface area contributed by atoms with Crippen molar-refractivity contribution in [1.29, 1.82) is 0 Å². The highest BCUT2D eigenvalue weighted by Crippen LogP contribution is 2.30. The summed E-state index contributed by atoms with van der Waals surface area (Å²) in [6.07, 6.45) is 1.09. The first-order valence-electron chi connectivity index (χ1n) is 5.72. The van der Waals surface area contributed by atoms with E-state index in [0.717, 1.165) is 24.5 Å². The third-order valence-corrected chi connectivity index (χ3v) is 2.37. The molecule has 0 bridgehead atoms. The van der Waals surface area contributed by atoms with Crippen molar-refractivity contribution in [3.8, 4) is 0 Å². The van der Waals surface area contributed by atoms with E-state index in [-0.39, 0.29) is 0 Å². The van der Waals surface area contributed by atoms with Crippen molar-refractivity contribution >= 4 is 0 Å². The lowest BCUT2D eigenvalue weighted by Gasteiger charge is -2.25. The summed E-state index contributed by atoms with van der Waals surface area (Å²) in [7, 11) is 0. The van der Waals surface area contributed by atoms with E-state index in [2.05, 4.69) is 39.1 Å². The highest BCUT2D eigenvalue weighted by atomic mass is 16.3. The van der Waals surface area contributed by atoms with Gasteiger partial charge in [0.15, 0.2) is 0 Å². The molecule has 0 aliphatic rings. The number of furan rings is 1. The predicted octanol–water partition coefficient (Wildman–Crippen LogP) is 3.67. The Kier molecular flexibility index (Phi) is 3.97. The maximum atomic E-state index is 5.68. The van der Waals surface area contributed by atoms with Crippen LogP contribution in [0.15, 0.2) is 16.5 Å². The molecule has 0 fully saturated rings. The van der Waals surface area contributed by atoms with Crippen LogP contribution < -0.4 is 5.32 Å². The first kappa shape index (κ1) is 12.3. The Morgan fingerprint density at radius 1 is 1.33 bits per heavy atom. The molecule has 15 heavy (non-hydrogen) atoms. The monoisotopic (exact) mass is 209 g/mol. The van der Waals surface area contributed by atoms with E-state index < -0.39 is 0 Å². The molecule has 0 saturated carbocycles. The SMILES string of the molecule is CCNC(CC(C)(C)C)c1ccc(C)o1. The normalized spacial score (nSPS) is 14.2. The van der Waals surface area contributed by atoms with Gasteiger partial charge in [0, 0.05) is 0 Å². The molecule has 86 valence electrons. The number of aryl methyl sites for hydroxylation is 1. The van der Waals surface area contributed by atoms with Gasteiger partial charge in [0.05, 0.1) is 6.04 Å². The average Bonchev–Trinajstić information content (AvgIpc) is 2.48. The van der Waals surface area contributed by atoms with Crippen molar-refractivity contribution < 1.29 is 4.42 Å². The second kappa shape index (κ2) is 4.84. The van der Waals surface area contributed by atoms with Crippen LogP contribution in [0.3, 0.4) is 0 Å². The number of hydrogen-bond donors (Lipinski definition) is 1. The van der Waals surface area contributed by atoms with Crippen LogP contribution in [-0.4, -0.2) is 6.54 Å². The lowest BCUT2D eigenvalue weighted by molar-refractivity contribution is 0.283. The molecule has 0 spiro atoms. The zero-order chi connectivity index (χ0) is 11.5. The predicted molar refractivity (Wildman–Crippen MR) is 63.9 cm³/mol. The molecule has 1 atom stereocenters. The molecule has 0 radical (unpaired) electrons. The third kappa shape index (κ3) is 4.08. The molecule has 2 heteroatoms. The van der Waals surface area contributed by atoms with Gasteiger partial charge in [-0.15, -0.1) is 0 Å². The fraction of sp³-hybridized carbons (Fsp3) is 0.692. The van der Waals surface area contributed by atoms with Crippen molar-refractivity contribution in [2.24, 2.45) is 5.41 Å². The lowest BCUT2D eigenvalue weighted by Crippen LogP contribution is -2.25. The van der Waals surface area contributed by atoms with Crippen LogP contribution in [0.25, 0.3) is 0 Å². The molecule has 2 nitrogen and oxygen atoms in total. The number of rotatable bonds is 4. The Bertz CT molecular complexity index is 296. The van der Waals surface area contributed by atoms with Gasteiger partial charge in [-0.3, -0.25) is 0 Å². The molecule has 0 aliphatic heterocycles.